The molecule has 182 valence electrons. The summed E-state index contributed by atoms with van der Waals surface area (Å²) < 4.78 is 52.9. The summed E-state index contributed by atoms with van der Waals surface area (Å²) in [4.78, 5) is 26.2. The second-order valence-corrected chi connectivity index (χ2v) is 11.2. The fourth-order valence-electron chi connectivity index (χ4n) is 4.33. The minimum absolute atomic E-state index is 0.0215. The van der Waals surface area contributed by atoms with Gasteiger partial charge in [-0.05, 0) is 38.3 Å². The smallest absolute Gasteiger partial charge is 0.331 e. The predicted molar refractivity (Wildman–Crippen MR) is 122 cm³/mol. The number of nitrogens with one attached hydrogen (secondary N) is 1. The third-order valence-corrected chi connectivity index (χ3v) is 8.17. The molecule has 34 heavy (non-hydrogen) atoms. The van der Waals surface area contributed by atoms with Crippen molar-refractivity contribution in [1.29, 1.82) is 0 Å². The van der Waals surface area contributed by atoms with E-state index in [9.17, 15) is 18.0 Å². The van der Waals surface area contributed by atoms with Crippen molar-refractivity contribution in [2.24, 2.45) is 13.0 Å². The van der Waals surface area contributed by atoms with Gasteiger partial charge < -0.3 is 4.74 Å². The summed E-state index contributed by atoms with van der Waals surface area (Å²) in [5, 5.41) is 4.04. The highest BCUT2D eigenvalue weighted by molar-refractivity contribution is 7.89. The normalized spacial score (nSPS) is 19.7. The van der Waals surface area contributed by atoms with Gasteiger partial charge in [0.2, 0.25) is 10.0 Å². The fourth-order valence-corrected chi connectivity index (χ4v) is 5.88. The Hall–Kier alpha value is -2.83. The highest BCUT2D eigenvalue weighted by Crippen LogP contribution is 2.36. The molecule has 1 atom stereocenters. The largest absolute Gasteiger partial charge is 0.381 e. The van der Waals surface area contributed by atoms with Gasteiger partial charge in [0, 0.05) is 43.4 Å². The third kappa shape index (κ3) is 4.21. The Bertz CT molecular complexity index is 1500. The number of halogens is 1. The van der Waals surface area contributed by atoms with Crippen LogP contribution in [0.15, 0.2) is 39.0 Å². The van der Waals surface area contributed by atoms with Gasteiger partial charge in [0.05, 0.1) is 30.3 Å². The first-order chi connectivity index (χ1) is 16.1. The lowest BCUT2D eigenvalue weighted by Gasteiger charge is -2.18. The van der Waals surface area contributed by atoms with Crippen molar-refractivity contribution in [1.82, 2.24) is 23.6 Å². The molecular formula is C22H26FN5O5S. The van der Waals surface area contributed by atoms with Crippen LogP contribution in [0.25, 0.3) is 10.9 Å². The number of nitrogens with zero attached hydrogens (tertiary/aromatic N) is 4. The summed E-state index contributed by atoms with van der Waals surface area (Å²) >= 11 is 0. The number of rotatable bonds is 7. The van der Waals surface area contributed by atoms with E-state index in [-0.39, 0.29) is 29.9 Å². The van der Waals surface area contributed by atoms with Crippen LogP contribution in [0.1, 0.15) is 31.7 Å². The second-order valence-electron chi connectivity index (χ2n) is 9.50. The number of fused-ring (bicyclic) bond motifs is 1. The monoisotopic (exact) mass is 491 g/mol. The minimum atomic E-state index is -4.20. The molecule has 1 aromatic carbocycles. The number of hydrogen-bond acceptors (Lipinski definition) is 6. The molecule has 2 aromatic heterocycles. The molecule has 3 aromatic rings. The summed E-state index contributed by atoms with van der Waals surface area (Å²) in [6, 6.07) is 2.02. The molecule has 1 saturated heterocycles. The van der Waals surface area contributed by atoms with Crippen molar-refractivity contribution in [2.45, 2.75) is 49.7 Å². The maximum absolute atomic E-state index is 15.1. The molecule has 2 fully saturated rings. The van der Waals surface area contributed by atoms with Crippen molar-refractivity contribution in [3.8, 4) is 0 Å². The molecule has 1 saturated carbocycles. The molecule has 0 spiro atoms. The van der Waals surface area contributed by atoms with Crippen molar-refractivity contribution in [3.63, 3.8) is 0 Å². The molecule has 0 radical (unpaired) electrons. The van der Waals surface area contributed by atoms with Crippen LogP contribution < -0.4 is 16.0 Å². The van der Waals surface area contributed by atoms with Gasteiger partial charge in [-0.1, -0.05) is 0 Å². The zero-order valence-electron chi connectivity index (χ0n) is 19.0. The van der Waals surface area contributed by atoms with Crippen molar-refractivity contribution < 1.29 is 17.5 Å². The average Bonchev–Trinajstić information content (AvgIpc) is 3.14. The molecule has 1 N–H and O–H groups in total. The Morgan fingerprint density at radius 1 is 1.26 bits per heavy atom. The summed E-state index contributed by atoms with van der Waals surface area (Å²) in [6.45, 7) is 2.94. The Balaban J connectivity index is 1.70. The fraction of sp³-hybridized carbons (Fsp3) is 0.500. The lowest BCUT2D eigenvalue weighted by molar-refractivity contribution is 0.182. The van der Waals surface area contributed by atoms with Crippen LogP contribution in [0.2, 0.25) is 0 Å². The number of aromatic nitrogens is 4. The second kappa shape index (κ2) is 8.14. The Kier molecular flexibility index (Phi) is 5.49. The molecule has 1 aliphatic heterocycles. The number of sulfonamides is 1. The first-order valence-corrected chi connectivity index (χ1v) is 12.6. The maximum atomic E-state index is 15.1. The lowest BCUT2D eigenvalue weighted by Crippen LogP contribution is -2.41. The number of hydrogen-bond donors (Lipinski definition) is 1. The standard InChI is InChI=1S/C22H26FN5O5S/c1-22(4-5-22)25-34(31,32)19-7-16-18(8-17(19)23)27(11-14-3-6-33-13-14)21(30)28(20(16)29)12-15-9-24-26(2)10-15/h7-10,14,25H,3-6,11-13H2,1-2H3. The van der Waals surface area contributed by atoms with Crippen LogP contribution in [0, 0.1) is 11.7 Å². The number of ether oxygens (including phenoxy) is 1. The molecule has 0 amide bonds. The van der Waals surface area contributed by atoms with Crippen LogP contribution in [-0.4, -0.2) is 46.1 Å². The van der Waals surface area contributed by atoms with Crippen LogP contribution >= 0.6 is 0 Å². The zero-order chi connectivity index (χ0) is 24.3. The summed E-state index contributed by atoms with van der Waals surface area (Å²) in [5.41, 5.74) is -1.18. The third-order valence-electron chi connectivity index (χ3n) is 6.51. The zero-order valence-corrected chi connectivity index (χ0v) is 19.8. The van der Waals surface area contributed by atoms with Crippen molar-refractivity contribution in [3.05, 3.63) is 56.7 Å². The molecule has 1 unspecified atom stereocenters. The van der Waals surface area contributed by atoms with Gasteiger partial charge in [-0.25, -0.2) is 22.3 Å². The Labute approximate surface area is 195 Å². The van der Waals surface area contributed by atoms with Gasteiger partial charge in [0.25, 0.3) is 5.56 Å². The summed E-state index contributed by atoms with van der Waals surface area (Å²) in [5.74, 6) is -0.988. The Morgan fingerprint density at radius 3 is 2.65 bits per heavy atom. The van der Waals surface area contributed by atoms with E-state index in [4.69, 9.17) is 4.74 Å². The number of benzene rings is 1. The van der Waals surface area contributed by atoms with Crippen LogP contribution in [0.3, 0.4) is 0 Å². The van der Waals surface area contributed by atoms with E-state index in [2.05, 4.69) is 9.82 Å². The van der Waals surface area contributed by atoms with E-state index in [1.165, 1.54) is 4.57 Å². The van der Waals surface area contributed by atoms with Crippen LogP contribution in [0.4, 0.5) is 4.39 Å². The highest BCUT2D eigenvalue weighted by Gasteiger charge is 2.42. The number of aryl methyl sites for hydroxylation is 1. The molecular weight excluding hydrogens is 465 g/mol. The molecule has 0 bridgehead atoms. The maximum Gasteiger partial charge on any atom is 0.331 e. The molecule has 12 heteroatoms. The van der Waals surface area contributed by atoms with Crippen molar-refractivity contribution >= 4 is 20.9 Å². The summed E-state index contributed by atoms with van der Waals surface area (Å²) in [7, 11) is -2.48. The SMILES string of the molecule is Cn1cc(Cn2c(=O)c3cc(S(=O)(=O)NC4(C)CC4)c(F)cc3n(CC3CCOC3)c2=O)cn1. The van der Waals surface area contributed by atoms with E-state index in [1.807, 2.05) is 0 Å². The lowest BCUT2D eigenvalue weighted by atomic mass is 10.1. The van der Waals surface area contributed by atoms with E-state index >= 15 is 4.39 Å². The highest BCUT2D eigenvalue weighted by atomic mass is 32.2. The van der Waals surface area contributed by atoms with Gasteiger partial charge in [0.15, 0.2) is 0 Å². The topological polar surface area (TPSA) is 117 Å². The molecule has 2 aliphatic rings. The van der Waals surface area contributed by atoms with Crippen LogP contribution in [-0.2, 0) is 34.9 Å². The molecule has 5 rings (SSSR count). The predicted octanol–water partition coefficient (Wildman–Crippen LogP) is 0.951. The van der Waals surface area contributed by atoms with E-state index < -0.39 is 37.5 Å². The van der Waals surface area contributed by atoms with Gasteiger partial charge in [-0.3, -0.25) is 18.6 Å². The summed E-state index contributed by atoms with van der Waals surface area (Å²) in [6.07, 6.45) is 5.27. The first kappa shape index (κ1) is 22.9. The van der Waals surface area contributed by atoms with E-state index in [1.54, 1.807) is 31.0 Å². The van der Waals surface area contributed by atoms with E-state index in [0.717, 1.165) is 23.1 Å². The van der Waals surface area contributed by atoms with Gasteiger partial charge in [0.1, 0.15) is 10.7 Å². The average molecular weight is 492 g/mol. The van der Waals surface area contributed by atoms with Gasteiger partial charge >= 0.3 is 5.69 Å². The first-order valence-electron chi connectivity index (χ1n) is 11.1. The van der Waals surface area contributed by atoms with Gasteiger partial charge in [-0.15, -0.1) is 0 Å². The van der Waals surface area contributed by atoms with Gasteiger partial charge in [-0.2, -0.15) is 5.10 Å². The molecule has 10 nitrogen and oxygen atoms in total. The molecule has 1 aliphatic carbocycles. The van der Waals surface area contributed by atoms with Crippen LogP contribution in [0.5, 0.6) is 0 Å². The minimum Gasteiger partial charge on any atom is -0.381 e. The Morgan fingerprint density at radius 2 is 2.03 bits per heavy atom. The quantitative estimate of drug-likeness (QED) is 0.526. The van der Waals surface area contributed by atoms with E-state index in [0.29, 0.717) is 31.6 Å². The molecule has 3 heterocycles. The van der Waals surface area contributed by atoms with Crippen molar-refractivity contribution in [2.75, 3.05) is 13.2 Å².